The van der Waals surface area contributed by atoms with E-state index in [0.29, 0.717) is 13.1 Å². The van der Waals surface area contributed by atoms with E-state index in [2.05, 4.69) is 10.3 Å². The SMILES string of the molecule is CC(C)(C)OC(=O)N1CCC(n2cc(-c3ccccc3)nn2)CC1. The highest BCUT2D eigenvalue weighted by atomic mass is 16.6. The van der Waals surface area contributed by atoms with Gasteiger partial charge in [0.25, 0.3) is 0 Å². The Kier molecular flexibility index (Phi) is 4.55. The van der Waals surface area contributed by atoms with Crippen LogP contribution in [0.5, 0.6) is 0 Å². The zero-order valence-electron chi connectivity index (χ0n) is 14.5. The van der Waals surface area contributed by atoms with Gasteiger partial charge in [-0.2, -0.15) is 0 Å². The Balaban J connectivity index is 1.59. The summed E-state index contributed by atoms with van der Waals surface area (Å²) < 4.78 is 7.36. The molecule has 1 saturated heterocycles. The second-order valence-electron chi connectivity index (χ2n) is 7.15. The number of aromatic nitrogens is 3. The Morgan fingerprint density at radius 2 is 1.83 bits per heavy atom. The van der Waals surface area contributed by atoms with E-state index < -0.39 is 5.60 Å². The number of benzene rings is 1. The first-order valence-electron chi connectivity index (χ1n) is 8.37. The first-order chi connectivity index (χ1) is 11.4. The topological polar surface area (TPSA) is 60.2 Å². The van der Waals surface area contributed by atoms with Gasteiger partial charge in [0.05, 0.1) is 12.2 Å². The maximum Gasteiger partial charge on any atom is 0.410 e. The molecule has 128 valence electrons. The summed E-state index contributed by atoms with van der Waals surface area (Å²) in [5, 5.41) is 8.55. The maximum atomic E-state index is 12.1. The van der Waals surface area contributed by atoms with Crippen LogP contribution in [0.2, 0.25) is 0 Å². The third kappa shape index (κ3) is 3.93. The van der Waals surface area contributed by atoms with Crippen molar-refractivity contribution in [2.45, 2.75) is 45.3 Å². The lowest BCUT2D eigenvalue weighted by Gasteiger charge is -2.33. The summed E-state index contributed by atoms with van der Waals surface area (Å²) in [6.07, 6.45) is 3.47. The van der Waals surface area contributed by atoms with Crippen molar-refractivity contribution in [3.63, 3.8) is 0 Å². The number of carbonyl (C=O) groups is 1. The monoisotopic (exact) mass is 328 g/mol. The first-order valence-corrected chi connectivity index (χ1v) is 8.37. The number of carbonyl (C=O) groups excluding carboxylic acids is 1. The van der Waals surface area contributed by atoms with Crippen LogP contribution in [0.15, 0.2) is 36.5 Å². The summed E-state index contributed by atoms with van der Waals surface area (Å²) in [7, 11) is 0. The number of hydrogen-bond donors (Lipinski definition) is 0. The Hall–Kier alpha value is -2.37. The predicted molar refractivity (Wildman–Crippen MR) is 91.5 cm³/mol. The lowest BCUT2D eigenvalue weighted by Crippen LogP contribution is -2.42. The van der Waals surface area contributed by atoms with Gasteiger partial charge in [0.1, 0.15) is 11.3 Å². The minimum absolute atomic E-state index is 0.232. The number of piperidine rings is 1. The van der Waals surface area contributed by atoms with Crippen molar-refractivity contribution in [3.05, 3.63) is 36.5 Å². The Bertz CT molecular complexity index is 683. The van der Waals surface area contributed by atoms with Crippen LogP contribution >= 0.6 is 0 Å². The van der Waals surface area contributed by atoms with Gasteiger partial charge in [-0.1, -0.05) is 35.5 Å². The summed E-state index contributed by atoms with van der Waals surface area (Å²) in [5.74, 6) is 0. The highest BCUT2D eigenvalue weighted by Crippen LogP contribution is 2.25. The lowest BCUT2D eigenvalue weighted by atomic mass is 10.1. The van der Waals surface area contributed by atoms with E-state index >= 15 is 0 Å². The van der Waals surface area contributed by atoms with Crippen molar-refractivity contribution in [1.82, 2.24) is 19.9 Å². The van der Waals surface area contributed by atoms with Crippen LogP contribution in [-0.2, 0) is 4.74 Å². The average molecular weight is 328 g/mol. The van der Waals surface area contributed by atoms with E-state index in [1.165, 1.54) is 0 Å². The maximum absolute atomic E-state index is 12.1. The molecule has 24 heavy (non-hydrogen) atoms. The lowest BCUT2D eigenvalue weighted by molar-refractivity contribution is 0.0184. The Morgan fingerprint density at radius 1 is 1.17 bits per heavy atom. The molecular weight excluding hydrogens is 304 g/mol. The quantitative estimate of drug-likeness (QED) is 0.846. The molecular formula is C18H24N4O2. The van der Waals surface area contributed by atoms with Gasteiger partial charge in [-0.15, -0.1) is 5.10 Å². The van der Waals surface area contributed by atoms with Crippen LogP contribution in [0.25, 0.3) is 11.3 Å². The standard InChI is InChI=1S/C18H24N4O2/c1-18(2,3)24-17(23)21-11-9-15(10-12-21)22-13-16(19-20-22)14-7-5-4-6-8-14/h4-8,13,15H,9-12H2,1-3H3. The van der Waals surface area contributed by atoms with Gasteiger partial charge in [-0.25, -0.2) is 9.48 Å². The predicted octanol–water partition coefficient (Wildman–Crippen LogP) is 3.52. The van der Waals surface area contributed by atoms with Crippen molar-refractivity contribution < 1.29 is 9.53 Å². The van der Waals surface area contributed by atoms with E-state index in [9.17, 15) is 4.79 Å². The van der Waals surface area contributed by atoms with Crippen molar-refractivity contribution in [1.29, 1.82) is 0 Å². The highest BCUT2D eigenvalue weighted by molar-refractivity contribution is 5.68. The molecule has 0 spiro atoms. The summed E-state index contributed by atoms with van der Waals surface area (Å²) in [6, 6.07) is 10.3. The van der Waals surface area contributed by atoms with Gasteiger partial charge >= 0.3 is 6.09 Å². The minimum Gasteiger partial charge on any atom is -0.444 e. The third-order valence-electron chi connectivity index (χ3n) is 4.07. The van der Waals surface area contributed by atoms with Crippen LogP contribution < -0.4 is 0 Å². The zero-order chi connectivity index (χ0) is 17.2. The number of rotatable bonds is 2. The van der Waals surface area contributed by atoms with Crippen molar-refractivity contribution >= 4 is 6.09 Å². The fraction of sp³-hybridized carbons (Fsp3) is 0.500. The zero-order valence-corrected chi connectivity index (χ0v) is 14.5. The normalized spacial score (nSPS) is 16.2. The Morgan fingerprint density at radius 3 is 2.46 bits per heavy atom. The van der Waals surface area contributed by atoms with Crippen molar-refractivity contribution in [2.75, 3.05) is 13.1 Å². The summed E-state index contributed by atoms with van der Waals surface area (Å²) in [6.45, 7) is 7.02. The van der Waals surface area contributed by atoms with Gasteiger partial charge in [0, 0.05) is 18.7 Å². The molecule has 2 heterocycles. The molecule has 0 bridgehead atoms. The average Bonchev–Trinajstić information content (AvgIpc) is 3.04. The molecule has 1 amide bonds. The van der Waals surface area contributed by atoms with E-state index in [4.69, 9.17) is 4.74 Å². The van der Waals surface area contributed by atoms with Crippen LogP contribution in [-0.4, -0.2) is 44.7 Å². The third-order valence-corrected chi connectivity index (χ3v) is 4.07. The fourth-order valence-electron chi connectivity index (χ4n) is 2.84. The molecule has 1 fully saturated rings. The molecule has 0 aliphatic carbocycles. The van der Waals surface area contributed by atoms with Gasteiger partial charge in [-0.3, -0.25) is 0 Å². The molecule has 1 aliphatic heterocycles. The minimum atomic E-state index is -0.454. The first kappa shape index (κ1) is 16.5. The molecule has 0 unspecified atom stereocenters. The molecule has 0 saturated carbocycles. The molecule has 0 radical (unpaired) electrons. The van der Waals surface area contributed by atoms with Gasteiger partial charge in [-0.05, 0) is 33.6 Å². The molecule has 0 atom stereocenters. The van der Waals surface area contributed by atoms with Gasteiger partial charge in [0.2, 0.25) is 0 Å². The van der Waals surface area contributed by atoms with Crippen molar-refractivity contribution in [2.24, 2.45) is 0 Å². The number of nitrogens with zero attached hydrogens (tertiary/aromatic N) is 4. The van der Waals surface area contributed by atoms with Crippen LogP contribution in [0, 0.1) is 0 Å². The van der Waals surface area contributed by atoms with E-state index in [1.807, 2.05) is 62.0 Å². The number of likely N-dealkylation sites (tertiary alicyclic amines) is 1. The van der Waals surface area contributed by atoms with Crippen molar-refractivity contribution in [3.8, 4) is 11.3 Å². The molecule has 1 aromatic heterocycles. The van der Waals surface area contributed by atoms with Gasteiger partial charge < -0.3 is 9.64 Å². The fourth-order valence-corrected chi connectivity index (χ4v) is 2.84. The molecule has 2 aromatic rings. The van der Waals surface area contributed by atoms with E-state index in [1.54, 1.807) is 4.90 Å². The second-order valence-corrected chi connectivity index (χ2v) is 7.15. The van der Waals surface area contributed by atoms with Crippen LogP contribution in [0.4, 0.5) is 4.79 Å². The summed E-state index contributed by atoms with van der Waals surface area (Å²) >= 11 is 0. The molecule has 3 rings (SSSR count). The second kappa shape index (κ2) is 6.63. The van der Waals surface area contributed by atoms with E-state index in [0.717, 1.165) is 24.1 Å². The van der Waals surface area contributed by atoms with Crippen LogP contribution in [0.3, 0.4) is 0 Å². The molecule has 0 N–H and O–H groups in total. The molecule has 6 heteroatoms. The van der Waals surface area contributed by atoms with Crippen LogP contribution in [0.1, 0.15) is 39.7 Å². The molecule has 1 aromatic carbocycles. The highest BCUT2D eigenvalue weighted by Gasteiger charge is 2.28. The Labute approximate surface area is 142 Å². The van der Waals surface area contributed by atoms with E-state index in [-0.39, 0.29) is 12.1 Å². The largest absolute Gasteiger partial charge is 0.444 e. The summed E-state index contributed by atoms with van der Waals surface area (Å²) in [4.78, 5) is 13.9. The number of hydrogen-bond acceptors (Lipinski definition) is 4. The molecule has 1 aliphatic rings. The summed E-state index contributed by atoms with van der Waals surface area (Å²) in [5.41, 5.74) is 1.49. The van der Waals surface area contributed by atoms with Gasteiger partial charge in [0.15, 0.2) is 0 Å². The number of amides is 1. The number of ether oxygens (including phenoxy) is 1. The molecule has 6 nitrogen and oxygen atoms in total. The smallest absolute Gasteiger partial charge is 0.410 e.